The van der Waals surface area contributed by atoms with Crippen LogP contribution in [0.5, 0.6) is 0 Å². The molecule has 1 aliphatic heterocycles. The van der Waals surface area contributed by atoms with Crippen molar-refractivity contribution in [2.45, 2.75) is 24.9 Å². The molecule has 0 radical (unpaired) electrons. The van der Waals surface area contributed by atoms with Gasteiger partial charge in [-0.25, -0.2) is 9.97 Å². The third-order valence-electron chi connectivity index (χ3n) is 2.75. The molecule has 0 saturated heterocycles. The van der Waals surface area contributed by atoms with Crippen molar-refractivity contribution in [1.82, 2.24) is 14.9 Å². The number of hydrogen-bond donors (Lipinski definition) is 1. The van der Waals surface area contributed by atoms with Crippen molar-refractivity contribution in [3.8, 4) is 0 Å². The minimum Gasteiger partial charge on any atom is -0.370 e. The zero-order valence-electron chi connectivity index (χ0n) is 10.8. The van der Waals surface area contributed by atoms with E-state index >= 15 is 0 Å². The minimum atomic E-state index is 0.918. The first-order valence-electron chi connectivity index (χ1n) is 6.05. The van der Waals surface area contributed by atoms with Crippen LogP contribution in [-0.2, 0) is 17.9 Å². The summed E-state index contributed by atoms with van der Waals surface area (Å²) in [5.41, 5.74) is 2.54. The van der Waals surface area contributed by atoms with E-state index in [4.69, 9.17) is 0 Å². The van der Waals surface area contributed by atoms with Crippen LogP contribution in [0, 0.1) is 0 Å². The Kier molecular flexibility index (Phi) is 4.23. The molecule has 0 bridgehead atoms. The zero-order chi connectivity index (χ0) is 12.3. The monoisotopic (exact) mass is 252 g/mol. The molecular weight excluding hydrogens is 232 g/mol. The zero-order valence-corrected chi connectivity index (χ0v) is 11.6. The van der Waals surface area contributed by atoms with Crippen molar-refractivity contribution < 1.29 is 0 Å². The highest BCUT2D eigenvalue weighted by molar-refractivity contribution is 7.98. The van der Waals surface area contributed by atoms with Crippen molar-refractivity contribution in [3.05, 3.63) is 17.1 Å². The normalized spacial score (nSPS) is 14.1. The van der Waals surface area contributed by atoms with Crippen LogP contribution in [0.25, 0.3) is 0 Å². The second-order valence-corrected chi connectivity index (χ2v) is 5.48. The first kappa shape index (κ1) is 12.6. The first-order valence-corrected chi connectivity index (χ1v) is 7.21. The van der Waals surface area contributed by atoms with Gasteiger partial charge in [-0.15, -0.1) is 0 Å². The highest BCUT2D eigenvalue weighted by atomic mass is 32.2. The molecule has 2 heterocycles. The van der Waals surface area contributed by atoms with Crippen LogP contribution in [0.1, 0.15) is 24.0 Å². The molecule has 1 N–H and O–H groups in total. The molecule has 0 spiro atoms. The van der Waals surface area contributed by atoms with Gasteiger partial charge in [-0.2, -0.15) is 11.8 Å². The van der Waals surface area contributed by atoms with Gasteiger partial charge in [0.2, 0.25) is 0 Å². The summed E-state index contributed by atoms with van der Waals surface area (Å²) in [5.74, 6) is 4.10. The lowest BCUT2D eigenvalue weighted by Gasteiger charge is -2.12. The van der Waals surface area contributed by atoms with Gasteiger partial charge in [0, 0.05) is 36.6 Å². The quantitative estimate of drug-likeness (QED) is 0.865. The Morgan fingerprint density at radius 3 is 2.82 bits per heavy atom. The Labute approximate surface area is 107 Å². The maximum atomic E-state index is 4.67. The van der Waals surface area contributed by atoms with Gasteiger partial charge in [0.1, 0.15) is 11.6 Å². The fourth-order valence-corrected chi connectivity index (χ4v) is 2.89. The van der Waals surface area contributed by atoms with E-state index in [1.54, 1.807) is 0 Å². The van der Waals surface area contributed by atoms with E-state index in [1.165, 1.54) is 11.3 Å². The van der Waals surface area contributed by atoms with Crippen molar-refractivity contribution in [3.63, 3.8) is 0 Å². The number of fused-ring (bicyclic) bond motifs is 1. The first-order chi connectivity index (χ1) is 8.20. The van der Waals surface area contributed by atoms with E-state index in [9.17, 15) is 0 Å². The molecule has 1 aromatic heterocycles. The summed E-state index contributed by atoms with van der Waals surface area (Å²) in [6.45, 7) is 4.02. The van der Waals surface area contributed by atoms with Gasteiger partial charge in [-0.05, 0) is 21.0 Å². The van der Waals surface area contributed by atoms with Gasteiger partial charge in [0.05, 0.1) is 5.69 Å². The van der Waals surface area contributed by atoms with Gasteiger partial charge in [-0.1, -0.05) is 0 Å². The molecule has 0 saturated carbocycles. The molecule has 0 aromatic carbocycles. The molecule has 0 unspecified atom stereocenters. The van der Waals surface area contributed by atoms with Crippen LogP contribution in [-0.4, -0.2) is 42.1 Å². The van der Waals surface area contributed by atoms with Gasteiger partial charge in [0.15, 0.2) is 0 Å². The molecule has 94 valence electrons. The maximum Gasteiger partial charge on any atom is 0.134 e. The number of nitrogens with zero attached hydrogens (tertiary/aromatic N) is 3. The molecule has 17 heavy (non-hydrogen) atoms. The van der Waals surface area contributed by atoms with Crippen LogP contribution in [0.4, 0.5) is 5.82 Å². The second-order valence-electron chi connectivity index (χ2n) is 4.49. The molecule has 0 amide bonds. The van der Waals surface area contributed by atoms with E-state index in [2.05, 4.69) is 41.2 Å². The molecule has 0 fully saturated rings. The number of anilines is 1. The summed E-state index contributed by atoms with van der Waals surface area (Å²) in [6, 6.07) is 0. The highest BCUT2D eigenvalue weighted by Gasteiger charge is 2.19. The Morgan fingerprint density at radius 2 is 2.12 bits per heavy atom. The number of nitrogens with one attached hydrogen (secondary N) is 1. The van der Waals surface area contributed by atoms with Crippen molar-refractivity contribution in [2.75, 3.05) is 32.5 Å². The third kappa shape index (κ3) is 3.10. The number of thioether (sulfide) groups is 1. The van der Waals surface area contributed by atoms with Crippen molar-refractivity contribution >= 4 is 17.6 Å². The molecule has 0 aliphatic carbocycles. The Morgan fingerprint density at radius 1 is 1.29 bits per heavy atom. The number of hydrogen-bond acceptors (Lipinski definition) is 5. The lowest BCUT2D eigenvalue weighted by molar-refractivity contribution is 0.409. The lowest BCUT2D eigenvalue weighted by atomic mass is 10.2. The molecule has 2 rings (SSSR count). The topological polar surface area (TPSA) is 41.1 Å². The van der Waals surface area contributed by atoms with Crippen LogP contribution in [0.2, 0.25) is 0 Å². The molecule has 1 aromatic rings. The minimum absolute atomic E-state index is 0.918. The standard InChI is InChI=1S/C12H20N4S/c1-4-13-12-9-7-17-8-10(9)14-11(15-12)5-6-16(2)3/h4-8H2,1-3H3,(H,13,14,15). The van der Waals surface area contributed by atoms with E-state index in [1.807, 2.05) is 11.8 Å². The van der Waals surface area contributed by atoms with Gasteiger partial charge in [0.25, 0.3) is 0 Å². The second kappa shape index (κ2) is 5.69. The fraction of sp³-hybridized carbons (Fsp3) is 0.667. The lowest BCUT2D eigenvalue weighted by Crippen LogP contribution is -2.17. The predicted molar refractivity (Wildman–Crippen MR) is 73.5 cm³/mol. The molecule has 4 nitrogen and oxygen atoms in total. The van der Waals surface area contributed by atoms with E-state index in [-0.39, 0.29) is 0 Å². The highest BCUT2D eigenvalue weighted by Crippen LogP contribution is 2.32. The number of aromatic nitrogens is 2. The van der Waals surface area contributed by atoms with Crippen LogP contribution in [0.3, 0.4) is 0 Å². The van der Waals surface area contributed by atoms with Crippen LogP contribution < -0.4 is 5.32 Å². The molecule has 5 heteroatoms. The van der Waals surface area contributed by atoms with E-state index in [0.29, 0.717) is 0 Å². The largest absolute Gasteiger partial charge is 0.370 e. The van der Waals surface area contributed by atoms with E-state index in [0.717, 1.165) is 42.7 Å². The summed E-state index contributed by atoms with van der Waals surface area (Å²) in [7, 11) is 4.16. The van der Waals surface area contributed by atoms with Crippen LogP contribution >= 0.6 is 11.8 Å². The summed E-state index contributed by atoms with van der Waals surface area (Å²) in [5, 5.41) is 3.36. The summed E-state index contributed by atoms with van der Waals surface area (Å²) >= 11 is 1.92. The van der Waals surface area contributed by atoms with E-state index < -0.39 is 0 Å². The Bertz CT molecular complexity index is 392. The summed E-state index contributed by atoms with van der Waals surface area (Å²) in [6.07, 6.45) is 0.920. The maximum absolute atomic E-state index is 4.67. The van der Waals surface area contributed by atoms with Gasteiger partial charge < -0.3 is 10.2 Å². The van der Waals surface area contributed by atoms with Crippen molar-refractivity contribution in [1.29, 1.82) is 0 Å². The summed E-state index contributed by atoms with van der Waals surface area (Å²) < 4.78 is 0. The summed E-state index contributed by atoms with van der Waals surface area (Å²) in [4.78, 5) is 11.5. The van der Waals surface area contributed by atoms with Crippen molar-refractivity contribution in [2.24, 2.45) is 0 Å². The Balaban J connectivity index is 2.20. The number of likely N-dealkylation sites (N-methyl/N-ethyl adjacent to an activating group) is 1. The third-order valence-corrected chi connectivity index (χ3v) is 3.72. The predicted octanol–water partition coefficient (Wildman–Crippen LogP) is 1.76. The molecule has 1 aliphatic rings. The average Bonchev–Trinajstić information content (AvgIpc) is 2.75. The average molecular weight is 252 g/mol. The SMILES string of the molecule is CCNc1nc(CCN(C)C)nc2c1CSC2. The molecule has 0 atom stereocenters. The van der Waals surface area contributed by atoms with Gasteiger partial charge >= 0.3 is 0 Å². The fourth-order valence-electron chi connectivity index (χ4n) is 1.85. The van der Waals surface area contributed by atoms with Crippen LogP contribution in [0.15, 0.2) is 0 Å². The smallest absolute Gasteiger partial charge is 0.134 e. The molecular formula is C12H20N4S. The number of rotatable bonds is 5. The Hall–Kier alpha value is -0.810. The van der Waals surface area contributed by atoms with Gasteiger partial charge in [-0.3, -0.25) is 0 Å².